The summed E-state index contributed by atoms with van der Waals surface area (Å²) in [5, 5.41) is 6.69. The lowest BCUT2D eigenvalue weighted by atomic mass is 10.1. The molecular weight excluding hydrogens is 311 g/mol. The van der Waals surface area contributed by atoms with E-state index in [1.54, 1.807) is 7.05 Å². The number of unbranched alkanes of at least 4 members (excludes halogenated alkanes) is 1. The Balaban J connectivity index is 2.48. The van der Waals surface area contributed by atoms with Gasteiger partial charge in [-0.3, -0.25) is 4.99 Å². The highest BCUT2D eigenvalue weighted by Gasteiger charge is 2.14. The lowest BCUT2D eigenvalue weighted by Gasteiger charge is -2.26. The van der Waals surface area contributed by atoms with E-state index in [4.69, 9.17) is 0 Å². The van der Waals surface area contributed by atoms with Crippen molar-refractivity contribution in [3.63, 3.8) is 0 Å². The fourth-order valence-corrected chi connectivity index (χ4v) is 2.77. The lowest BCUT2D eigenvalue weighted by Crippen LogP contribution is -2.42. The average molecular weight is 341 g/mol. The zero-order valence-electron chi connectivity index (χ0n) is 14.6. The number of rotatable bonds is 9. The third-order valence-corrected chi connectivity index (χ3v) is 4.33. The van der Waals surface area contributed by atoms with E-state index in [1.165, 1.54) is 24.3 Å². The van der Waals surface area contributed by atoms with Gasteiger partial charge in [0.2, 0.25) is 0 Å². The zero-order valence-corrected chi connectivity index (χ0v) is 15.4. The summed E-state index contributed by atoms with van der Waals surface area (Å²) in [6, 6.07) is 6.83. The Morgan fingerprint density at radius 2 is 1.91 bits per heavy atom. The molecule has 0 aliphatic heterocycles. The second-order valence-electron chi connectivity index (χ2n) is 5.61. The van der Waals surface area contributed by atoms with Crippen LogP contribution in [0.4, 0.5) is 4.39 Å². The van der Waals surface area contributed by atoms with Gasteiger partial charge in [0.15, 0.2) is 5.96 Å². The Kier molecular flexibility index (Phi) is 9.71. The molecule has 1 rings (SSSR count). The number of hydrogen-bond acceptors (Lipinski definition) is 3. The summed E-state index contributed by atoms with van der Waals surface area (Å²) in [6.07, 6.45) is 4.47. The molecule has 0 aliphatic rings. The van der Waals surface area contributed by atoms with Crippen molar-refractivity contribution in [3.05, 3.63) is 35.6 Å². The van der Waals surface area contributed by atoms with Gasteiger partial charge in [0, 0.05) is 20.1 Å². The van der Waals surface area contributed by atoms with E-state index < -0.39 is 0 Å². The molecule has 1 aromatic rings. The first kappa shape index (κ1) is 19.8. The third kappa shape index (κ3) is 7.70. The van der Waals surface area contributed by atoms with Crippen molar-refractivity contribution in [2.24, 2.45) is 4.99 Å². The predicted octanol–water partition coefficient (Wildman–Crippen LogP) is 2.74. The van der Waals surface area contributed by atoms with Crippen molar-refractivity contribution in [1.29, 1.82) is 0 Å². The summed E-state index contributed by atoms with van der Waals surface area (Å²) in [5.41, 5.74) is 1.08. The first-order valence-corrected chi connectivity index (χ1v) is 9.33. The maximum absolute atomic E-state index is 13.1. The number of halogens is 1. The Hall–Kier alpha value is -1.27. The second-order valence-corrected chi connectivity index (χ2v) is 6.60. The molecule has 0 aliphatic carbocycles. The van der Waals surface area contributed by atoms with E-state index >= 15 is 0 Å². The van der Waals surface area contributed by atoms with Gasteiger partial charge < -0.3 is 15.5 Å². The quantitative estimate of drug-likeness (QED) is 0.412. The van der Waals surface area contributed by atoms with Crippen LogP contribution in [-0.2, 0) is 0 Å². The molecule has 0 heterocycles. The van der Waals surface area contributed by atoms with E-state index in [9.17, 15) is 4.39 Å². The molecular formula is C17H29FN4S. The minimum atomic E-state index is -0.207. The number of likely N-dealkylation sites (N-methyl/N-ethyl adjacent to an activating group) is 1. The Labute approximate surface area is 143 Å². The predicted molar refractivity (Wildman–Crippen MR) is 99.8 cm³/mol. The molecule has 0 saturated heterocycles. The van der Waals surface area contributed by atoms with E-state index in [0.717, 1.165) is 24.5 Å². The van der Waals surface area contributed by atoms with E-state index in [0.29, 0.717) is 6.54 Å². The maximum Gasteiger partial charge on any atom is 0.191 e. The van der Waals surface area contributed by atoms with Crippen LogP contribution in [0.25, 0.3) is 0 Å². The number of thioether (sulfide) groups is 1. The van der Waals surface area contributed by atoms with Crippen molar-refractivity contribution in [3.8, 4) is 0 Å². The first-order chi connectivity index (χ1) is 11.1. The summed E-state index contributed by atoms with van der Waals surface area (Å²) in [4.78, 5) is 6.37. The van der Waals surface area contributed by atoms with Gasteiger partial charge >= 0.3 is 0 Å². The molecule has 23 heavy (non-hydrogen) atoms. The van der Waals surface area contributed by atoms with Gasteiger partial charge in [-0.1, -0.05) is 12.1 Å². The van der Waals surface area contributed by atoms with Gasteiger partial charge in [-0.25, -0.2) is 4.39 Å². The van der Waals surface area contributed by atoms with Gasteiger partial charge in [0.05, 0.1) is 6.04 Å². The number of aliphatic imine (C=N–C) groups is 1. The van der Waals surface area contributed by atoms with Gasteiger partial charge in [-0.05, 0) is 56.6 Å². The highest BCUT2D eigenvalue weighted by Crippen LogP contribution is 2.17. The Bertz CT molecular complexity index is 462. The van der Waals surface area contributed by atoms with Crippen molar-refractivity contribution < 1.29 is 4.39 Å². The molecule has 1 unspecified atom stereocenters. The first-order valence-electron chi connectivity index (χ1n) is 7.93. The minimum Gasteiger partial charge on any atom is -0.356 e. The highest BCUT2D eigenvalue weighted by atomic mass is 32.2. The summed E-state index contributed by atoms with van der Waals surface area (Å²) in [5.74, 6) is 1.80. The SMILES string of the molecule is CN=C(NCCCCSC)NCC(c1ccc(F)cc1)N(C)C. The monoisotopic (exact) mass is 340 g/mol. The molecule has 0 spiro atoms. The number of hydrogen-bond donors (Lipinski definition) is 2. The molecule has 0 bridgehead atoms. The molecule has 2 N–H and O–H groups in total. The minimum absolute atomic E-state index is 0.158. The molecule has 1 atom stereocenters. The zero-order chi connectivity index (χ0) is 17.1. The number of nitrogens with one attached hydrogen (secondary N) is 2. The number of benzene rings is 1. The average Bonchev–Trinajstić information content (AvgIpc) is 2.54. The molecule has 1 aromatic carbocycles. The normalized spacial score (nSPS) is 13.2. The number of nitrogens with zero attached hydrogens (tertiary/aromatic N) is 2. The van der Waals surface area contributed by atoms with Gasteiger partial charge in [-0.15, -0.1) is 0 Å². The standard InChI is InChI=1S/C17H29FN4S/c1-19-17(20-11-5-6-12-23-4)21-13-16(22(2)3)14-7-9-15(18)10-8-14/h7-10,16H,5-6,11-13H2,1-4H3,(H2,19,20,21). The van der Waals surface area contributed by atoms with Crippen LogP contribution in [0.2, 0.25) is 0 Å². The van der Waals surface area contributed by atoms with Gasteiger partial charge in [0.25, 0.3) is 0 Å². The highest BCUT2D eigenvalue weighted by molar-refractivity contribution is 7.98. The summed E-state index contributed by atoms with van der Waals surface area (Å²) in [6.45, 7) is 1.63. The topological polar surface area (TPSA) is 39.7 Å². The molecule has 130 valence electrons. The van der Waals surface area contributed by atoms with E-state index in [1.807, 2.05) is 38.0 Å². The smallest absolute Gasteiger partial charge is 0.191 e. The molecule has 6 heteroatoms. The molecule has 0 fully saturated rings. The largest absolute Gasteiger partial charge is 0.356 e. The van der Waals surface area contributed by atoms with Crippen LogP contribution >= 0.6 is 11.8 Å². The fourth-order valence-electron chi connectivity index (χ4n) is 2.28. The van der Waals surface area contributed by atoms with Crippen LogP contribution in [0.15, 0.2) is 29.3 Å². The molecule has 4 nitrogen and oxygen atoms in total. The molecule has 0 saturated carbocycles. The second kappa shape index (κ2) is 11.3. The van der Waals surface area contributed by atoms with E-state index in [2.05, 4.69) is 26.8 Å². The maximum atomic E-state index is 13.1. The van der Waals surface area contributed by atoms with Crippen LogP contribution in [0, 0.1) is 5.82 Å². The van der Waals surface area contributed by atoms with Crippen molar-refractivity contribution >= 4 is 17.7 Å². The number of guanidine groups is 1. The Morgan fingerprint density at radius 1 is 1.22 bits per heavy atom. The summed E-state index contributed by atoms with van der Waals surface area (Å²) >= 11 is 1.88. The van der Waals surface area contributed by atoms with Crippen LogP contribution in [0.3, 0.4) is 0 Å². The van der Waals surface area contributed by atoms with Gasteiger partial charge in [0.1, 0.15) is 5.82 Å². The third-order valence-electron chi connectivity index (χ3n) is 3.63. The van der Waals surface area contributed by atoms with Crippen LogP contribution in [0.1, 0.15) is 24.4 Å². The summed E-state index contributed by atoms with van der Waals surface area (Å²) < 4.78 is 13.1. The van der Waals surface area contributed by atoms with Crippen molar-refractivity contribution in [2.75, 3.05) is 46.2 Å². The molecule has 0 aromatic heterocycles. The van der Waals surface area contributed by atoms with Crippen LogP contribution in [0.5, 0.6) is 0 Å². The summed E-state index contributed by atoms with van der Waals surface area (Å²) in [7, 11) is 5.82. The van der Waals surface area contributed by atoms with Crippen LogP contribution in [-0.4, -0.2) is 57.1 Å². The van der Waals surface area contributed by atoms with Crippen molar-refractivity contribution in [2.45, 2.75) is 18.9 Å². The fraction of sp³-hybridized carbons (Fsp3) is 0.588. The van der Waals surface area contributed by atoms with E-state index in [-0.39, 0.29) is 11.9 Å². The molecule has 0 amide bonds. The van der Waals surface area contributed by atoms with Crippen LogP contribution < -0.4 is 10.6 Å². The van der Waals surface area contributed by atoms with Gasteiger partial charge in [-0.2, -0.15) is 11.8 Å². The lowest BCUT2D eigenvalue weighted by molar-refractivity contribution is 0.298. The van der Waals surface area contributed by atoms with Crippen molar-refractivity contribution in [1.82, 2.24) is 15.5 Å². The molecule has 0 radical (unpaired) electrons. The Morgan fingerprint density at radius 3 is 2.48 bits per heavy atom.